The molecule has 110 valence electrons. The third kappa shape index (κ3) is 3.87. The van der Waals surface area contributed by atoms with Gasteiger partial charge in [0.2, 0.25) is 0 Å². The minimum absolute atomic E-state index is 0.0804. The molecule has 1 saturated heterocycles. The van der Waals surface area contributed by atoms with Crippen molar-refractivity contribution in [3.63, 3.8) is 0 Å². The van der Waals surface area contributed by atoms with Crippen LogP contribution >= 0.6 is 0 Å². The van der Waals surface area contributed by atoms with Crippen molar-refractivity contribution in [2.45, 2.75) is 32.4 Å². The number of ether oxygens (including phenoxy) is 1. The third-order valence-electron chi connectivity index (χ3n) is 3.45. The molecule has 1 aliphatic rings. The number of carbonyl (C=O) groups excluding carboxylic acids is 1. The van der Waals surface area contributed by atoms with Crippen molar-refractivity contribution >= 4 is 6.03 Å². The number of nitrogens with one attached hydrogen (secondary N) is 1. The van der Waals surface area contributed by atoms with Gasteiger partial charge in [-0.1, -0.05) is 18.2 Å². The molecule has 0 radical (unpaired) electrons. The first-order chi connectivity index (χ1) is 9.70. The molecule has 2 amide bonds. The van der Waals surface area contributed by atoms with Crippen molar-refractivity contribution in [1.29, 1.82) is 0 Å². The van der Waals surface area contributed by atoms with Crippen LogP contribution in [0.15, 0.2) is 24.3 Å². The second-order valence-corrected chi connectivity index (χ2v) is 4.92. The van der Waals surface area contributed by atoms with E-state index in [2.05, 4.69) is 5.32 Å². The van der Waals surface area contributed by atoms with E-state index in [9.17, 15) is 9.90 Å². The lowest BCUT2D eigenvalue weighted by atomic mass is 10.1. The number of urea groups is 1. The van der Waals surface area contributed by atoms with Crippen molar-refractivity contribution in [1.82, 2.24) is 10.2 Å². The topological polar surface area (TPSA) is 61.8 Å². The van der Waals surface area contributed by atoms with Crippen LogP contribution in [0.25, 0.3) is 0 Å². The van der Waals surface area contributed by atoms with Crippen LogP contribution in [0, 0.1) is 0 Å². The average Bonchev–Trinajstić information content (AvgIpc) is 2.47. The van der Waals surface area contributed by atoms with Crippen LogP contribution in [0.4, 0.5) is 4.79 Å². The Balaban J connectivity index is 1.87. The zero-order chi connectivity index (χ0) is 14.4. The number of hydrogen-bond acceptors (Lipinski definition) is 3. The molecule has 1 heterocycles. The highest BCUT2D eigenvalue weighted by molar-refractivity contribution is 5.74. The summed E-state index contributed by atoms with van der Waals surface area (Å²) in [6.07, 6.45) is 1.05. The normalized spacial score (nSPS) is 16.0. The summed E-state index contributed by atoms with van der Waals surface area (Å²) >= 11 is 0. The lowest BCUT2D eigenvalue weighted by Crippen LogP contribution is -2.45. The molecule has 2 rings (SSSR count). The molecule has 1 fully saturated rings. The Hall–Kier alpha value is -1.75. The number of rotatable bonds is 4. The number of amides is 2. The highest BCUT2D eigenvalue weighted by Crippen LogP contribution is 2.18. The molecule has 0 aliphatic carbocycles. The maximum atomic E-state index is 12.0. The molecule has 0 aromatic heterocycles. The summed E-state index contributed by atoms with van der Waals surface area (Å²) < 4.78 is 5.53. The molecule has 0 spiro atoms. The molecule has 5 heteroatoms. The number of aliphatic hydroxyl groups is 1. The summed E-state index contributed by atoms with van der Waals surface area (Å²) in [6, 6.07) is 7.63. The van der Waals surface area contributed by atoms with Gasteiger partial charge in [0.05, 0.1) is 12.7 Å². The van der Waals surface area contributed by atoms with Gasteiger partial charge in [0.15, 0.2) is 0 Å². The molecule has 0 saturated carbocycles. The van der Waals surface area contributed by atoms with E-state index in [1.54, 1.807) is 4.90 Å². The highest BCUT2D eigenvalue weighted by atomic mass is 16.5. The lowest BCUT2D eigenvalue weighted by Gasteiger charge is -2.29. The molecular weight excluding hydrogens is 256 g/mol. The number of carbonyl (C=O) groups is 1. The minimum atomic E-state index is -0.266. The van der Waals surface area contributed by atoms with Gasteiger partial charge in [-0.05, 0) is 25.8 Å². The first-order valence-electron chi connectivity index (χ1n) is 7.12. The van der Waals surface area contributed by atoms with Crippen molar-refractivity contribution in [2.24, 2.45) is 0 Å². The van der Waals surface area contributed by atoms with Crippen molar-refractivity contribution < 1.29 is 14.6 Å². The SMILES string of the molecule is CCOc1ccccc1CNC(=O)N1CCC(O)CC1. The number of piperidine rings is 1. The van der Waals surface area contributed by atoms with E-state index in [0.717, 1.165) is 11.3 Å². The summed E-state index contributed by atoms with van der Waals surface area (Å²) in [5, 5.41) is 12.3. The van der Waals surface area contributed by atoms with E-state index in [1.165, 1.54) is 0 Å². The molecule has 2 N–H and O–H groups in total. The Morgan fingerprint density at radius 2 is 2.10 bits per heavy atom. The summed E-state index contributed by atoms with van der Waals surface area (Å²) in [6.45, 7) is 4.22. The van der Waals surface area contributed by atoms with Crippen LogP contribution < -0.4 is 10.1 Å². The largest absolute Gasteiger partial charge is 0.494 e. The van der Waals surface area contributed by atoms with Crippen LogP contribution in [0.5, 0.6) is 5.75 Å². The molecule has 0 unspecified atom stereocenters. The van der Waals surface area contributed by atoms with Gasteiger partial charge in [0, 0.05) is 25.2 Å². The maximum Gasteiger partial charge on any atom is 0.317 e. The van der Waals surface area contributed by atoms with Gasteiger partial charge < -0.3 is 20.1 Å². The number of hydrogen-bond donors (Lipinski definition) is 2. The van der Waals surface area contributed by atoms with Gasteiger partial charge >= 0.3 is 6.03 Å². The number of likely N-dealkylation sites (tertiary alicyclic amines) is 1. The van der Waals surface area contributed by atoms with Crippen LogP contribution in [0.3, 0.4) is 0 Å². The van der Waals surface area contributed by atoms with Crippen LogP contribution in [0.2, 0.25) is 0 Å². The summed E-state index contributed by atoms with van der Waals surface area (Å²) in [5.41, 5.74) is 0.972. The highest BCUT2D eigenvalue weighted by Gasteiger charge is 2.21. The first-order valence-corrected chi connectivity index (χ1v) is 7.12. The quantitative estimate of drug-likeness (QED) is 0.882. The Morgan fingerprint density at radius 1 is 1.40 bits per heavy atom. The zero-order valence-electron chi connectivity index (χ0n) is 11.8. The average molecular weight is 278 g/mol. The van der Waals surface area contributed by atoms with E-state index in [4.69, 9.17) is 4.74 Å². The van der Waals surface area contributed by atoms with Gasteiger partial charge in [-0.15, -0.1) is 0 Å². The maximum absolute atomic E-state index is 12.0. The van der Waals surface area contributed by atoms with Crippen LogP contribution in [-0.4, -0.2) is 41.8 Å². The van der Waals surface area contributed by atoms with Crippen molar-refractivity contribution in [2.75, 3.05) is 19.7 Å². The standard InChI is InChI=1S/C15H22N2O3/c1-2-20-14-6-4-3-5-12(14)11-16-15(19)17-9-7-13(18)8-10-17/h3-6,13,18H,2,7-11H2,1H3,(H,16,19). The molecule has 1 aliphatic heterocycles. The fraction of sp³-hybridized carbons (Fsp3) is 0.533. The Labute approximate surface area is 119 Å². The molecule has 0 atom stereocenters. The van der Waals surface area contributed by atoms with Gasteiger partial charge in [-0.3, -0.25) is 0 Å². The molecule has 20 heavy (non-hydrogen) atoms. The van der Waals surface area contributed by atoms with Crippen LogP contribution in [-0.2, 0) is 6.54 Å². The third-order valence-corrected chi connectivity index (χ3v) is 3.45. The van der Waals surface area contributed by atoms with Gasteiger partial charge in [-0.25, -0.2) is 4.79 Å². The van der Waals surface area contributed by atoms with Crippen molar-refractivity contribution in [3.8, 4) is 5.75 Å². The number of benzene rings is 1. The zero-order valence-corrected chi connectivity index (χ0v) is 11.8. The molecule has 5 nitrogen and oxygen atoms in total. The Bertz CT molecular complexity index is 442. The number of nitrogens with zero attached hydrogens (tertiary/aromatic N) is 1. The molecular formula is C15H22N2O3. The second-order valence-electron chi connectivity index (χ2n) is 4.92. The predicted octanol–water partition coefficient (Wildman–Crippen LogP) is 1.75. The molecule has 0 bridgehead atoms. The van der Waals surface area contributed by atoms with Gasteiger partial charge in [0.1, 0.15) is 5.75 Å². The van der Waals surface area contributed by atoms with E-state index < -0.39 is 0 Å². The minimum Gasteiger partial charge on any atom is -0.494 e. The van der Waals surface area contributed by atoms with E-state index in [-0.39, 0.29) is 12.1 Å². The monoisotopic (exact) mass is 278 g/mol. The molecule has 1 aromatic rings. The summed E-state index contributed by atoms with van der Waals surface area (Å²) in [5.74, 6) is 0.810. The first kappa shape index (κ1) is 14.7. The van der Waals surface area contributed by atoms with Crippen molar-refractivity contribution in [3.05, 3.63) is 29.8 Å². The number of aliphatic hydroxyl groups excluding tert-OH is 1. The Morgan fingerprint density at radius 3 is 2.80 bits per heavy atom. The lowest BCUT2D eigenvalue weighted by molar-refractivity contribution is 0.0936. The van der Waals surface area contributed by atoms with Crippen LogP contribution in [0.1, 0.15) is 25.3 Å². The summed E-state index contributed by atoms with van der Waals surface area (Å²) in [4.78, 5) is 13.8. The van der Waals surface area contributed by atoms with Gasteiger partial charge in [0.25, 0.3) is 0 Å². The van der Waals surface area contributed by atoms with E-state index >= 15 is 0 Å². The molecule has 1 aromatic carbocycles. The van der Waals surface area contributed by atoms with E-state index in [1.807, 2.05) is 31.2 Å². The Kier molecular flexibility index (Phi) is 5.24. The summed E-state index contributed by atoms with van der Waals surface area (Å²) in [7, 11) is 0. The fourth-order valence-corrected chi connectivity index (χ4v) is 2.30. The second kappa shape index (κ2) is 7.14. The van der Waals surface area contributed by atoms with Gasteiger partial charge in [-0.2, -0.15) is 0 Å². The smallest absolute Gasteiger partial charge is 0.317 e. The van der Waals surface area contributed by atoms with E-state index in [0.29, 0.717) is 39.1 Å². The fourth-order valence-electron chi connectivity index (χ4n) is 2.30. The predicted molar refractivity (Wildman–Crippen MR) is 76.7 cm³/mol. The number of para-hydroxylation sites is 1.